The van der Waals surface area contributed by atoms with Crippen molar-refractivity contribution in [1.29, 1.82) is 0 Å². The Balaban J connectivity index is 2.00. The Labute approximate surface area is 84.8 Å². The summed E-state index contributed by atoms with van der Waals surface area (Å²) in [6.45, 7) is 0. The number of hydrogen-bond donors (Lipinski definition) is 1. The van der Waals surface area contributed by atoms with Crippen LogP contribution in [-0.4, -0.2) is 5.11 Å². The van der Waals surface area contributed by atoms with Crippen LogP contribution in [0.4, 0.5) is 0 Å². The summed E-state index contributed by atoms with van der Waals surface area (Å²) in [5, 5.41) is 10.2. The molecule has 1 N–H and O–H groups in total. The molecule has 0 radical (unpaired) electrons. The summed E-state index contributed by atoms with van der Waals surface area (Å²) in [6, 6.07) is 6.58. The van der Waals surface area contributed by atoms with Gasteiger partial charge in [-0.25, -0.2) is 0 Å². The molecule has 14 heavy (non-hydrogen) atoms. The van der Waals surface area contributed by atoms with Crippen LogP contribution in [0.5, 0.6) is 0 Å². The normalized spacial score (nSPS) is 22.9. The van der Waals surface area contributed by atoms with Gasteiger partial charge < -0.3 is 5.11 Å². The van der Waals surface area contributed by atoms with Crippen LogP contribution in [0.15, 0.2) is 18.2 Å². The highest BCUT2D eigenvalue weighted by atomic mass is 16.3. The van der Waals surface area contributed by atoms with E-state index in [1.165, 1.54) is 36.8 Å². The van der Waals surface area contributed by atoms with Crippen molar-refractivity contribution in [3.63, 3.8) is 0 Å². The Kier molecular flexibility index (Phi) is 1.72. The third-order valence-corrected chi connectivity index (χ3v) is 3.82. The van der Waals surface area contributed by atoms with E-state index in [4.69, 9.17) is 0 Å². The SMILES string of the molecule is OC1(c2ccc3c(c2)CCC3)CCC1. The second kappa shape index (κ2) is 2.83. The molecule has 74 valence electrons. The van der Waals surface area contributed by atoms with Gasteiger partial charge in [-0.15, -0.1) is 0 Å². The highest BCUT2D eigenvalue weighted by Crippen LogP contribution is 2.42. The average Bonchev–Trinajstić information content (AvgIpc) is 2.60. The van der Waals surface area contributed by atoms with Crippen molar-refractivity contribution in [1.82, 2.24) is 0 Å². The number of rotatable bonds is 1. The van der Waals surface area contributed by atoms with Gasteiger partial charge in [0.15, 0.2) is 0 Å². The van der Waals surface area contributed by atoms with E-state index >= 15 is 0 Å². The summed E-state index contributed by atoms with van der Waals surface area (Å²) in [5.41, 5.74) is 3.65. The van der Waals surface area contributed by atoms with Gasteiger partial charge >= 0.3 is 0 Å². The molecule has 1 aromatic rings. The third-order valence-electron chi connectivity index (χ3n) is 3.82. The summed E-state index contributed by atoms with van der Waals surface area (Å²) in [6.07, 6.45) is 6.80. The third kappa shape index (κ3) is 1.12. The van der Waals surface area contributed by atoms with Crippen LogP contribution in [0.2, 0.25) is 0 Å². The lowest BCUT2D eigenvalue weighted by atomic mass is 9.74. The molecule has 0 unspecified atom stereocenters. The molecule has 0 bridgehead atoms. The van der Waals surface area contributed by atoms with Crippen LogP contribution in [-0.2, 0) is 18.4 Å². The summed E-state index contributed by atoms with van der Waals surface area (Å²) in [5.74, 6) is 0. The molecule has 1 aromatic carbocycles. The van der Waals surface area contributed by atoms with Gasteiger partial charge in [0.2, 0.25) is 0 Å². The van der Waals surface area contributed by atoms with Gasteiger partial charge in [0, 0.05) is 0 Å². The Morgan fingerprint density at radius 3 is 2.50 bits per heavy atom. The van der Waals surface area contributed by atoms with Crippen molar-refractivity contribution in [3.05, 3.63) is 34.9 Å². The molecule has 3 rings (SSSR count). The van der Waals surface area contributed by atoms with Gasteiger partial charge in [-0.2, -0.15) is 0 Å². The monoisotopic (exact) mass is 188 g/mol. The van der Waals surface area contributed by atoms with Gasteiger partial charge in [0.1, 0.15) is 0 Å². The zero-order valence-corrected chi connectivity index (χ0v) is 8.42. The van der Waals surface area contributed by atoms with Gasteiger partial charge in [-0.05, 0) is 55.2 Å². The maximum Gasteiger partial charge on any atom is 0.0896 e. The van der Waals surface area contributed by atoms with E-state index in [1.807, 2.05) is 0 Å². The minimum absolute atomic E-state index is 0.475. The minimum atomic E-state index is -0.475. The summed E-state index contributed by atoms with van der Waals surface area (Å²) < 4.78 is 0. The van der Waals surface area contributed by atoms with Crippen LogP contribution in [0.25, 0.3) is 0 Å². The van der Waals surface area contributed by atoms with Crippen molar-refractivity contribution in [2.75, 3.05) is 0 Å². The molecule has 0 amide bonds. The first-order valence-electron chi connectivity index (χ1n) is 5.63. The standard InChI is InChI=1S/C13H16O/c14-13(7-2-8-13)12-6-5-10-3-1-4-11(10)9-12/h5-6,9,14H,1-4,7-8H2. The Morgan fingerprint density at radius 2 is 1.79 bits per heavy atom. The van der Waals surface area contributed by atoms with Gasteiger partial charge in [-0.3, -0.25) is 0 Å². The highest BCUT2D eigenvalue weighted by molar-refractivity contribution is 5.38. The summed E-state index contributed by atoms with van der Waals surface area (Å²) in [4.78, 5) is 0. The van der Waals surface area contributed by atoms with Gasteiger partial charge in [0.05, 0.1) is 5.60 Å². The van der Waals surface area contributed by atoms with Gasteiger partial charge in [-0.1, -0.05) is 18.2 Å². The minimum Gasteiger partial charge on any atom is -0.385 e. The second-order valence-electron chi connectivity index (χ2n) is 4.72. The van der Waals surface area contributed by atoms with Crippen LogP contribution < -0.4 is 0 Å². The molecule has 0 spiro atoms. The maximum atomic E-state index is 10.2. The van der Waals surface area contributed by atoms with Gasteiger partial charge in [0.25, 0.3) is 0 Å². The highest BCUT2D eigenvalue weighted by Gasteiger charge is 2.36. The quantitative estimate of drug-likeness (QED) is 0.718. The molecule has 1 fully saturated rings. The Hall–Kier alpha value is -0.820. The van der Waals surface area contributed by atoms with Crippen LogP contribution in [0.1, 0.15) is 42.4 Å². The molecule has 0 atom stereocenters. The van der Waals surface area contributed by atoms with E-state index in [9.17, 15) is 5.11 Å². The summed E-state index contributed by atoms with van der Waals surface area (Å²) in [7, 11) is 0. The Morgan fingerprint density at radius 1 is 1.00 bits per heavy atom. The van der Waals surface area contributed by atoms with Crippen molar-refractivity contribution in [2.24, 2.45) is 0 Å². The first-order chi connectivity index (χ1) is 6.78. The molecule has 1 nitrogen and oxygen atoms in total. The van der Waals surface area contributed by atoms with Crippen LogP contribution in [0, 0.1) is 0 Å². The zero-order chi connectivity index (χ0) is 9.60. The fourth-order valence-corrected chi connectivity index (χ4v) is 2.66. The van der Waals surface area contributed by atoms with E-state index in [0.29, 0.717) is 0 Å². The lowest BCUT2D eigenvalue weighted by Gasteiger charge is -2.37. The lowest BCUT2D eigenvalue weighted by Crippen LogP contribution is -2.33. The average molecular weight is 188 g/mol. The van der Waals surface area contributed by atoms with E-state index < -0.39 is 5.60 Å². The molecule has 0 heterocycles. The van der Waals surface area contributed by atoms with E-state index in [-0.39, 0.29) is 0 Å². The molecule has 1 saturated carbocycles. The molecule has 0 saturated heterocycles. The Bertz CT molecular complexity index is 363. The predicted octanol–water partition coefficient (Wildman–Crippen LogP) is 2.55. The number of hydrogen-bond acceptors (Lipinski definition) is 1. The zero-order valence-electron chi connectivity index (χ0n) is 8.42. The number of aryl methyl sites for hydroxylation is 2. The molecular formula is C13H16O. The number of benzene rings is 1. The van der Waals surface area contributed by atoms with E-state index in [1.54, 1.807) is 0 Å². The molecule has 2 aliphatic rings. The number of fused-ring (bicyclic) bond motifs is 1. The molecule has 0 aliphatic heterocycles. The van der Waals surface area contributed by atoms with Crippen molar-refractivity contribution < 1.29 is 5.11 Å². The molecule has 2 aliphatic carbocycles. The first-order valence-corrected chi connectivity index (χ1v) is 5.63. The number of aliphatic hydroxyl groups is 1. The first kappa shape index (κ1) is 8.49. The lowest BCUT2D eigenvalue weighted by molar-refractivity contribution is -0.0388. The second-order valence-corrected chi connectivity index (χ2v) is 4.72. The van der Waals surface area contributed by atoms with Crippen molar-refractivity contribution in [3.8, 4) is 0 Å². The maximum absolute atomic E-state index is 10.2. The largest absolute Gasteiger partial charge is 0.385 e. The topological polar surface area (TPSA) is 20.2 Å². The van der Waals surface area contributed by atoms with Crippen molar-refractivity contribution in [2.45, 2.75) is 44.1 Å². The molecule has 1 heteroatoms. The van der Waals surface area contributed by atoms with E-state index in [2.05, 4.69) is 18.2 Å². The predicted molar refractivity (Wildman–Crippen MR) is 56.2 cm³/mol. The van der Waals surface area contributed by atoms with Crippen molar-refractivity contribution >= 4 is 0 Å². The van der Waals surface area contributed by atoms with Crippen LogP contribution >= 0.6 is 0 Å². The van der Waals surface area contributed by atoms with E-state index in [0.717, 1.165) is 18.4 Å². The smallest absolute Gasteiger partial charge is 0.0896 e. The molecule has 0 aromatic heterocycles. The fourth-order valence-electron chi connectivity index (χ4n) is 2.66. The fraction of sp³-hybridized carbons (Fsp3) is 0.538. The molecular weight excluding hydrogens is 172 g/mol. The summed E-state index contributed by atoms with van der Waals surface area (Å²) >= 11 is 0. The van der Waals surface area contributed by atoms with Crippen LogP contribution in [0.3, 0.4) is 0 Å².